The topological polar surface area (TPSA) is 73.3 Å². The molecule has 1 aromatic carbocycles. The molecule has 0 bridgehead atoms. The van der Waals surface area contributed by atoms with Gasteiger partial charge in [-0.15, -0.1) is 11.8 Å². The number of nitrogens with zero attached hydrogens (tertiary/aromatic N) is 1. The van der Waals surface area contributed by atoms with Crippen LogP contribution in [0.1, 0.15) is 16.8 Å². The Bertz CT molecular complexity index is 811. The van der Waals surface area contributed by atoms with Crippen LogP contribution in [0.4, 0.5) is 0 Å². The lowest BCUT2D eigenvalue weighted by Crippen LogP contribution is -2.34. The van der Waals surface area contributed by atoms with Gasteiger partial charge in [0.15, 0.2) is 11.5 Å². The summed E-state index contributed by atoms with van der Waals surface area (Å²) in [7, 11) is 3.15. The van der Waals surface area contributed by atoms with Gasteiger partial charge in [-0.25, -0.2) is 4.79 Å². The Morgan fingerprint density at radius 3 is 2.48 bits per heavy atom. The number of methoxy groups -OCH3 is 2. The molecule has 0 atom stereocenters. The quantitative estimate of drug-likeness (QED) is 0.870. The van der Waals surface area contributed by atoms with E-state index in [1.54, 1.807) is 25.7 Å². The molecule has 7 heteroatoms. The first-order chi connectivity index (χ1) is 11.0. The minimum absolute atomic E-state index is 0.345. The predicted octanol–water partition coefficient (Wildman–Crippen LogP) is 1.77. The molecule has 6 nitrogen and oxygen atoms in total. The van der Waals surface area contributed by atoms with E-state index in [0.29, 0.717) is 35.1 Å². The SMILES string of the molecule is COc1ccc(Cc2c(C)c(=O)[nH]c(=O)n2CSC)cc1OC. The van der Waals surface area contributed by atoms with Gasteiger partial charge in [-0.1, -0.05) is 6.07 Å². The third kappa shape index (κ3) is 3.61. The monoisotopic (exact) mass is 336 g/mol. The maximum atomic E-state index is 12.1. The first-order valence-corrected chi connectivity index (χ1v) is 8.43. The molecule has 2 aromatic rings. The van der Waals surface area contributed by atoms with Crippen LogP contribution in [-0.4, -0.2) is 30.0 Å². The van der Waals surface area contributed by atoms with Crippen LogP contribution in [0.3, 0.4) is 0 Å². The van der Waals surface area contributed by atoms with Gasteiger partial charge in [0.05, 0.1) is 20.1 Å². The van der Waals surface area contributed by atoms with Crippen molar-refractivity contribution in [1.29, 1.82) is 0 Å². The van der Waals surface area contributed by atoms with Gasteiger partial charge in [0.1, 0.15) is 0 Å². The number of benzene rings is 1. The van der Waals surface area contributed by atoms with Gasteiger partial charge < -0.3 is 9.47 Å². The summed E-state index contributed by atoms with van der Waals surface area (Å²) < 4.78 is 12.1. The highest BCUT2D eigenvalue weighted by Gasteiger charge is 2.13. The minimum atomic E-state index is -0.384. The lowest BCUT2D eigenvalue weighted by atomic mass is 10.1. The predicted molar refractivity (Wildman–Crippen MR) is 91.9 cm³/mol. The number of aromatic nitrogens is 2. The zero-order valence-corrected chi connectivity index (χ0v) is 14.5. The Morgan fingerprint density at radius 2 is 1.87 bits per heavy atom. The third-order valence-electron chi connectivity index (χ3n) is 3.64. The second-order valence-corrected chi connectivity index (χ2v) is 5.88. The summed E-state index contributed by atoms with van der Waals surface area (Å²) >= 11 is 1.52. The van der Waals surface area contributed by atoms with E-state index in [1.807, 2.05) is 24.5 Å². The number of nitrogens with one attached hydrogen (secondary N) is 1. The van der Waals surface area contributed by atoms with Crippen molar-refractivity contribution in [3.05, 3.63) is 55.9 Å². The molecule has 0 amide bonds. The Hall–Kier alpha value is -2.15. The molecule has 0 saturated carbocycles. The first-order valence-electron chi connectivity index (χ1n) is 7.04. The number of rotatable bonds is 6. The first kappa shape index (κ1) is 17.2. The molecule has 0 unspecified atom stereocenters. The van der Waals surface area contributed by atoms with Crippen LogP contribution in [0.5, 0.6) is 11.5 Å². The van der Waals surface area contributed by atoms with Crippen molar-refractivity contribution >= 4 is 11.8 Å². The molecule has 0 saturated heterocycles. The molecule has 124 valence electrons. The Kier molecular flexibility index (Phi) is 5.54. The van der Waals surface area contributed by atoms with Crippen LogP contribution in [0.2, 0.25) is 0 Å². The van der Waals surface area contributed by atoms with Crippen LogP contribution < -0.4 is 20.7 Å². The number of H-pyrrole nitrogens is 1. The summed E-state index contributed by atoms with van der Waals surface area (Å²) in [6.45, 7) is 1.73. The van der Waals surface area contributed by atoms with E-state index in [1.165, 1.54) is 11.8 Å². The third-order valence-corrected chi connectivity index (χ3v) is 4.16. The summed E-state index contributed by atoms with van der Waals surface area (Å²) in [5, 5.41) is 0. The molecule has 0 fully saturated rings. The Balaban J connectivity index is 2.51. The van der Waals surface area contributed by atoms with E-state index >= 15 is 0 Å². The fourth-order valence-corrected chi connectivity index (χ4v) is 2.92. The maximum Gasteiger partial charge on any atom is 0.329 e. The second kappa shape index (κ2) is 7.41. The van der Waals surface area contributed by atoms with Crippen molar-refractivity contribution in [3.63, 3.8) is 0 Å². The number of aromatic amines is 1. The molecule has 0 aliphatic carbocycles. The Morgan fingerprint density at radius 1 is 1.17 bits per heavy atom. The molecule has 0 aliphatic rings. The van der Waals surface area contributed by atoms with Crippen LogP contribution in [-0.2, 0) is 12.3 Å². The molecular formula is C16H20N2O4S. The summed E-state index contributed by atoms with van der Waals surface area (Å²) in [6, 6.07) is 5.57. The van der Waals surface area contributed by atoms with Crippen LogP contribution >= 0.6 is 11.8 Å². The molecule has 23 heavy (non-hydrogen) atoms. The fraction of sp³-hybridized carbons (Fsp3) is 0.375. The Labute approximate surface area is 138 Å². The largest absolute Gasteiger partial charge is 0.493 e. The molecule has 0 radical (unpaired) electrons. The summed E-state index contributed by atoms with van der Waals surface area (Å²) in [5.41, 5.74) is 1.47. The van der Waals surface area contributed by atoms with Gasteiger partial charge >= 0.3 is 5.69 Å². The number of ether oxygens (including phenoxy) is 2. The van der Waals surface area contributed by atoms with Crippen LogP contribution in [0.25, 0.3) is 0 Å². The van der Waals surface area contributed by atoms with Crippen molar-refractivity contribution in [2.75, 3.05) is 20.5 Å². The van der Waals surface area contributed by atoms with E-state index in [9.17, 15) is 9.59 Å². The highest BCUT2D eigenvalue weighted by atomic mass is 32.2. The standard InChI is InChI=1S/C16H20N2O4S/c1-10-12(18(9-23-4)16(20)17-15(10)19)7-11-5-6-13(21-2)14(8-11)22-3/h5-6,8H,7,9H2,1-4H3,(H,17,19,20). The molecule has 2 rings (SSSR count). The van der Waals surface area contributed by atoms with Crippen molar-refractivity contribution < 1.29 is 9.47 Å². The molecule has 0 spiro atoms. The smallest absolute Gasteiger partial charge is 0.329 e. The van der Waals surface area contributed by atoms with E-state index in [0.717, 1.165) is 5.56 Å². The van der Waals surface area contributed by atoms with Crippen LogP contribution in [0, 0.1) is 6.92 Å². The number of hydrogen-bond donors (Lipinski definition) is 1. The van der Waals surface area contributed by atoms with Gasteiger partial charge in [-0.05, 0) is 30.9 Å². The zero-order valence-electron chi connectivity index (χ0n) is 13.6. The van der Waals surface area contributed by atoms with Gasteiger partial charge in [-0.3, -0.25) is 14.3 Å². The number of thioether (sulfide) groups is 1. The maximum absolute atomic E-state index is 12.1. The molecule has 1 heterocycles. The van der Waals surface area contributed by atoms with Crippen molar-refractivity contribution in [2.45, 2.75) is 19.2 Å². The second-order valence-electron chi connectivity index (χ2n) is 5.04. The van der Waals surface area contributed by atoms with Gasteiger partial charge in [0, 0.05) is 17.7 Å². The molecular weight excluding hydrogens is 316 g/mol. The van der Waals surface area contributed by atoms with Gasteiger partial charge in [0.25, 0.3) is 5.56 Å². The van der Waals surface area contributed by atoms with Gasteiger partial charge in [-0.2, -0.15) is 0 Å². The fourth-order valence-electron chi connectivity index (χ4n) is 2.39. The van der Waals surface area contributed by atoms with Crippen LogP contribution in [0.15, 0.2) is 27.8 Å². The van der Waals surface area contributed by atoms with E-state index < -0.39 is 0 Å². The van der Waals surface area contributed by atoms with Crippen molar-refractivity contribution in [3.8, 4) is 11.5 Å². The van der Waals surface area contributed by atoms with Gasteiger partial charge in [0.2, 0.25) is 0 Å². The average Bonchev–Trinajstić information content (AvgIpc) is 2.55. The van der Waals surface area contributed by atoms with E-state index in [2.05, 4.69) is 4.98 Å². The average molecular weight is 336 g/mol. The number of hydrogen-bond acceptors (Lipinski definition) is 5. The zero-order chi connectivity index (χ0) is 17.0. The summed E-state index contributed by atoms with van der Waals surface area (Å²) in [6.07, 6.45) is 2.37. The minimum Gasteiger partial charge on any atom is -0.493 e. The molecule has 1 N–H and O–H groups in total. The lowest BCUT2D eigenvalue weighted by molar-refractivity contribution is 0.354. The normalized spacial score (nSPS) is 10.6. The molecule has 0 aliphatic heterocycles. The summed E-state index contributed by atoms with van der Waals surface area (Å²) in [5.74, 6) is 1.74. The van der Waals surface area contributed by atoms with Crippen molar-refractivity contribution in [2.24, 2.45) is 0 Å². The highest BCUT2D eigenvalue weighted by Crippen LogP contribution is 2.28. The molecule has 1 aromatic heterocycles. The van der Waals surface area contributed by atoms with E-state index in [4.69, 9.17) is 9.47 Å². The van der Waals surface area contributed by atoms with Crippen molar-refractivity contribution in [1.82, 2.24) is 9.55 Å². The lowest BCUT2D eigenvalue weighted by Gasteiger charge is -2.15. The van der Waals surface area contributed by atoms with E-state index in [-0.39, 0.29) is 11.2 Å². The highest BCUT2D eigenvalue weighted by molar-refractivity contribution is 7.97. The summed E-state index contributed by atoms with van der Waals surface area (Å²) in [4.78, 5) is 26.3.